The normalized spacial score (nSPS) is 10.8. The summed E-state index contributed by atoms with van der Waals surface area (Å²) in [5, 5.41) is 0. The zero-order chi connectivity index (χ0) is 9.68. The predicted molar refractivity (Wildman–Crippen MR) is 53.5 cm³/mol. The highest BCUT2D eigenvalue weighted by molar-refractivity contribution is 5.09. The Morgan fingerprint density at radius 1 is 1.31 bits per heavy atom. The third-order valence-corrected chi connectivity index (χ3v) is 2.00. The highest BCUT2D eigenvalue weighted by Gasteiger charge is 2.00. The topological polar surface area (TPSA) is 51.8 Å². The molecule has 0 radical (unpaired) electrons. The van der Waals surface area contributed by atoms with Crippen molar-refractivity contribution in [1.29, 1.82) is 0 Å². The third-order valence-electron chi connectivity index (χ3n) is 2.00. The molecule has 0 saturated heterocycles. The molecule has 1 aromatic heterocycles. The van der Waals surface area contributed by atoms with Gasteiger partial charge in [-0.05, 0) is 24.4 Å². The van der Waals surface area contributed by atoms with Crippen LogP contribution >= 0.6 is 0 Å². The highest BCUT2D eigenvalue weighted by Crippen LogP contribution is 2.10. The molecule has 0 fully saturated rings. The van der Waals surface area contributed by atoms with Gasteiger partial charge in [0.15, 0.2) is 0 Å². The smallest absolute Gasteiger partial charge is 0.128 e. The lowest BCUT2D eigenvalue weighted by Crippen LogP contribution is -2.03. The highest BCUT2D eigenvalue weighted by atomic mass is 14.9. The number of rotatable bonds is 4. The van der Waals surface area contributed by atoms with E-state index in [1.54, 1.807) is 0 Å². The fourth-order valence-electron chi connectivity index (χ4n) is 1.05. The van der Waals surface area contributed by atoms with Gasteiger partial charge in [-0.1, -0.05) is 13.8 Å². The Morgan fingerprint density at radius 3 is 2.38 bits per heavy atom. The van der Waals surface area contributed by atoms with E-state index < -0.39 is 0 Å². The van der Waals surface area contributed by atoms with Crippen molar-refractivity contribution in [2.24, 2.45) is 5.73 Å². The van der Waals surface area contributed by atoms with Gasteiger partial charge in [0.1, 0.15) is 5.82 Å². The number of nitrogens with zero attached hydrogens (tertiary/aromatic N) is 2. The first-order chi connectivity index (χ1) is 6.24. The van der Waals surface area contributed by atoms with Crippen molar-refractivity contribution in [2.45, 2.75) is 32.6 Å². The van der Waals surface area contributed by atoms with Gasteiger partial charge < -0.3 is 5.73 Å². The molecule has 0 unspecified atom stereocenters. The van der Waals surface area contributed by atoms with E-state index in [1.165, 1.54) is 5.56 Å². The van der Waals surface area contributed by atoms with Crippen LogP contribution in [0.2, 0.25) is 0 Å². The first-order valence-corrected chi connectivity index (χ1v) is 4.75. The summed E-state index contributed by atoms with van der Waals surface area (Å²) >= 11 is 0. The number of hydrogen-bond acceptors (Lipinski definition) is 3. The predicted octanol–water partition coefficient (Wildman–Crippen LogP) is 1.49. The van der Waals surface area contributed by atoms with Crippen LogP contribution < -0.4 is 5.73 Å². The van der Waals surface area contributed by atoms with Gasteiger partial charge in [0, 0.05) is 18.8 Å². The summed E-state index contributed by atoms with van der Waals surface area (Å²) < 4.78 is 0. The summed E-state index contributed by atoms with van der Waals surface area (Å²) in [6, 6.07) is 0. The van der Waals surface area contributed by atoms with Crippen molar-refractivity contribution in [1.82, 2.24) is 9.97 Å². The Balaban J connectivity index is 2.59. The van der Waals surface area contributed by atoms with Crippen LogP contribution in [-0.2, 0) is 6.42 Å². The molecular formula is C10H17N3. The lowest BCUT2D eigenvalue weighted by atomic mass is 10.1. The average molecular weight is 179 g/mol. The maximum Gasteiger partial charge on any atom is 0.128 e. The van der Waals surface area contributed by atoms with Crippen molar-refractivity contribution in [3.05, 3.63) is 23.8 Å². The van der Waals surface area contributed by atoms with Crippen molar-refractivity contribution in [3.63, 3.8) is 0 Å². The minimum absolute atomic E-state index is 0.503. The summed E-state index contributed by atoms with van der Waals surface area (Å²) in [5.41, 5.74) is 6.59. The van der Waals surface area contributed by atoms with Crippen LogP contribution in [0.5, 0.6) is 0 Å². The Hall–Kier alpha value is -0.960. The zero-order valence-corrected chi connectivity index (χ0v) is 8.33. The van der Waals surface area contributed by atoms with E-state index in [0.717, 1.165) is 18.7 Å². The summed E-state index contributed by atoms with van der Waals surface area (Å²) in [6.45, 7) is 4.98. The van der Waals surface area contributed by atoms with Gasteiger partial charge in [0.2, 0.25) is 0 Å². The Labute approximate surface area is 79.4 Å². The summed E-state index contributed by atoms with van der Waals surface area (Å²) in [6.07, 6.45) is 5.66. The average Bonchev–Trinajstić information content (AvgIpc) is 2.15. The summed E-state index contributed by atoms with van der Waals surface area (Å²) in [5.74, 6) is 1.40. The van der Waals surface area contributed by atoms with E-state index in [2.05, 4.69) is 23.8 Å². The van der Waals surface area contributed by atoms with Crippen molar-refractivity contribution >= 4 is 0 Å². The molecule has 0 aliphatic heterocycles. The van der Waals surface area contributed by atoms with E-state index in [1.807, 2.05) is 12.4 Å². The van der Waals surface area contributed by atoms with Gasteiger partial charge in [0.05, 0.1) is 0 Å². The van der Waals surface area contributed by atoms with Gasteiger partial charge in [-0.2, -0.15) is 0 Å². The fraction of sp³-hybridized carbons (Fsp3) is 0.600. The van der Waals surface area contributed by atoms with Crippen LogP contribution in [-0.4, -0.2) is 16.5 Å². The van der Waals surface area contributed by atoms with Gasteiger partial charge in [-0.15, -0.1) is 0 Å². The molecule has 0 bridgehead atoms. The SMILES string of the molecule is CC(C)c1cnc(CCCN)nc1. The molecule has 0 aliphatic carbocycles. The van der Waals surface area contributed by atoms with Crippen LogP contribution in [0, 0.1) is 0 Å². The van der Waals surface area contributed by atoms with Gasteiger partial charge >= 0.3 is 0 Å². The summed E-state index contributed by atoms with van der Waals surface area (Å²) in [4.78, 5) is 8.54. The van der Waals surface area contributed by atoms with Crippen molar-refractivity contribution in [2.75, 3.05) is 6.54 Å². The standard InChI is InChI=1S/C10H17N3/c1-8(2)9-6-12-10(13-7-9)4-3-5-11/h6-8H,3-5,11H2,1-2H3. The molecule has 0 spiro atoms. The Bertz CT molecular complexity index is 241. The quantitative estimate of drug-likeness (QED) is 0.762. The van der Waals surface area contributed by atoms with E-state index in [-0.39, 0.29) is 0 Å². The molecule has 72 valence electrons. The Morgan fingerprint density at radius 2 is 1.92 bits per heavy atom. The first kappa shape index (κ1) is 10.1. The molecule has 1 rings (SSSR count). The van der Waals surface area contributed by atoms with Crippen molar-refractivity contribution < 1.29 is 0 Å². The molecular weight excluding hydrogens is 162 g/mol. The largest absolute Gasteiger partial charge is 0.330 e. The monoisotopic (exact) mass is 179 g/mol. The van der Waals surface area contributed by atoms with Gasteiger partial charge in [0.25, 0.3) is 0 Å². The fourth-order valence-corrected chi connectivity index (χ4v) is 1.05. The minimum atomic E-state index is 0.503. The molecule has 3 heteroatoms. The molecule has 0 amide bonds. The van der Waals surface area contributed by atoms with Crippen LogP contribution in [0.15, 0.2) is 12.4 Å². The van der Waals surface area contributed by atoms with Crippen LogP contribution in [0.4, 0.5) is 0 Å². The van der Waals surface area contributed by atoms with Crippen LogP contribution in [0.3, 0.4) is 0 Å². The molecule has 1 heterocycles. The molecule has 13 heavy (non-hydrogen) atoms. The maximum atomic E-state index is 5.40. The second-order valence-corrected chi connectivity index (χ2v) is 3.48. The number of hydrogen-bond donors (Lipinski definition) is 1. The van der Waals surface area contributed by atoms with Crippen LogP contribution in [0.25, 0.3) is 0 Å². The molecule has 0 saturated carbocycles. The van der Waals surface area contributed by atoms with Gasteiger partial charge in [-0.25, -0.2) is 9.97 Å². The molecule has 2 N–H and O–H groups in total. The van der Waals surface area contributed by atoms with E-state index in [9.17, 15) is 0 Å². The van der Waals surface area contributed by atoms with Crippen molar-refractivity contribution in [3.8, 4) is 0 Å². The Kier molecular flexibility index (Phi) is 3.83. The number of aryl methyl sites for hydroxylation is 1. The summed E-state index contributed by atoms with van der Waals surface area (Å²) in [7, 11) is 0. The second-order valence-electron chi connectivity index (χ2n) is 3.48. The molecule has 0 aliphatic rings. The van der Waals surface area contributed by atoms with E-state index in [4.69, 9.17) is 5.73 Å². The zero-order valence-electron chi connectivity index (χ0n) is 8.33. The van der Waals surface area contributed by atoms with E-state index >= 15 is 0 Å². The number of aromatic nitrogens is 2. The molecule has 0 aromatic carbocycles. The molecule has 1 aromatic rings. The van der Waals surface area contributed by atoms with E-state index in [0.29, 0.717) is 12.5 Å². The lowest BCUT2D eigenvalue weighted by Gasteiger charge is -2.04. The van der Waals surface area contributed by atoms with Crippen LogP contribution in [0.1, 0.15) is 37.6 Å². The molecule has 0 atom stereocenters. The lowest BCUT2D eigenvalue weighted by molar-refractivity contribution is 0.764. The first-order valence-electron chi connectivity index (χ1n) is 4.75. The minimum Gasteiger partial charge on any atom is -0.330 e. The second kappa shape index (κ2) is 4.92. The third kappa shape index (κ3) is 3.11. The maximum absolute atomic E-state index is 5.40. The van der Waals surface area contributed by atoms with Gasteiger partial charge in [-0.3, -0.25) is 0 Å². The molecule has 3 nitrogen and oxygen atoms in total. The number of nitrogens with two attached hydrogens (primary N) is 1.